The molecule has 1 saturated heterocycles. The number of para-hydroxylation sites is 1. The minimum atomic E-state index is 0.0831. The molecule has 0 aliphatic carbocycles. The molecule has 25 heavy (non-hydrogen) atoms. The van der Waals surface area contributed by atoms with E-state index in [2.05, 4.69) is 22.9 Å². The molecule has 128 valence electrons. The summed E-state index contributed by atoms with van der Waals surface area (Å²) in [6, 6.07) is 16.1. The number of aromatic nitrogens is 1. The molecule has 0 bridgehead atoms. The first-order chi connectivity index (χ1) is 12.1. The van der Waals surface area contributed by atoms with Crippen LogP contribution in [0.2, 0.25) is 5.02 Å². The number of fused-ring (bicyclic) bond motifs is 1. The predicted molar refractivity (Wildman–Crippen MR) is 105 cm³/mol. The lowest BCUT2D eigenvalue weighted by molar-refractivity contribution is -0.130. The fraction of sp³-hybridized carbons (Fsp3) is 0.250. The van der Waals surface area contributed by atoms with Gasteiger partial charge in [0.1, 0.15) is 5.37 Å². The van der Waals surface area contributed by atoms with E-state index in [1.54, 1.807) is 0 Å². The van der Waals surface area contributed by atoms with Gasteiger partial charge in [-0.3, -0.25) is 4.79 Å². The second kappa shape index (κ2) is 6.77. The smallest absolute Gasteiger partial charge is 0.228 e. The lowest BCUT2D eigenvalue weighted by Crippen LogP contribution is -2.31. The van der Waals surface area contributed by atoms with Gasteiger partial charge in [0.25, 0.3) is 0 Å². The third-order valence-corrected chi connectivity index (χ3v) is 6.20. The second-order valence-electron chi connectivity index (χ2n) is 6.32. The van der Waals surface area contributed by atoms with E-state index >= 15 is 0 Å². The Balaban J connectivity index is 1.58. The maximum Gasteiger partial charge on any atom is 0.228 e. The molecule has 1 aromatic heterocycles. The van der Waals surface area contributed by atoms with Crippen LogP contribution in [0, 0.1) is 0 Å². The zero-order valence-corrected chi connectivity index (χ0v) is 15.6. The maximum absolute atomic E-state index is 13.0. The summed E-state index contributed by atoms with van der Waals surface area (Å²) >= 11 is 7.81. The molecule has 2 heterocycles. The van der Waals surface area contributed by atoms with Crippen LogP contribution in [-0.2, 0) is 18.3 Å². The van der Waals surface area contributed by atoms with Crippen LogP contribution in [0.15, 0.2) is 54.7 Å². The highest BCUT2D eigenvalue weighted by atomic mass is 35.5. The molecular weight excluding hydrogens is 352 g/mol. The van der Waals surface area contributed by atoms with Crippen molar-refractivity contribution < 1.29 is 4.79 Å². The Bertz CT molecular complexity index is 919. The minimum absolute atomic E-state index is 0.0831. The van der Waals surface area contributed by atoms with Crippen molar-refractivity contribution in [2.75, 3.05) is 12.3 Å². The molecule has 1 amide bonds. The third-order valence-electron chi connectivity index (χ3n) is 4.69. The molecule has 1 fully saturated rings. The number of hydrogen-bond donors (Lipinski definition) is 0. The Labute approximate surface area is 156 Å². The largest absolute Gasteiger partial charge is 0.350 e. The van der Waals surface area contributed by atoms with Crippen LogP contribution in [0.5, 0.6) is 0 Å². The number of thioether (sulfide) groups is 1. The van der Waals surface area contributed by atoms with Crippen LogP contribution in [0.4, 0.5) is 0 Å². The normalized spacial score (nSPS) is 17.4. The summed E-state index contributed by atoms with van der Waals surface area (Å²) in [5.41, 5.74) is 3.39. The molecule has 1 atom stereocenters. The van der Waals surface area contributed by atoms with Crippen LogP contribution in [0.1, 0.15) is 16.5 Å². The molecule has 0 N–H and O–H groups in total. The van der Waals surface area contributed by atoms with Crippen molar-refractivity contribution in [2.24, 2.45) is 7.05 Å². The minimum Gasteiger partial charge on any atom is -0.350 e. The molecule has 3 aromatic rings. The molecule has 1 unspecified atom stereocenters. The molecule has 1 aliphatic rings. The van der Waals surface area contributed by atoms with Gasteiger partial charge in [0, 0.05) is 41.5 Å². The quantitative estimate of drug-likeness (QED) is 0.670. The Morgan fingerprint density at radius 3 is 2.76 bits per heavy atom. The highest BCUT2D eigenvalue weighted by molar-refractivity contribution is 7.99. The van der Waals surface area contributed by atoms with E-state index in [0.717, 1.165) is 39.4 Å². The summed E-state index contributed by atoms with van der Waals surface area (Å²) in [5, 5.41) is 1.97. The first-order valence-electron chi connectivity index (χ1n) is 8.33. The molecule has 5 heteroatoms. The molecule has 4 rings (SSSR count). The molecular formula is C20H19ClN2OS. The van der Waals surface area contributed by atoms with Gasteiger partial charge in [0.15, 0.2) is 0 Å². The van der Waals surface area contributed by atoms with Gasteiger partial charge in [-0.15, -0.1) is 11.8 Å². The van der Waals surface area contributed by atoms with E-state index < -0.39 is 0 Å². The zero-order chi connectivity index (χ0) is 17.4. The predicted octanol–water partition coefficient (Wildman–Crippen LogP) is 4.65. The number of carbonyl (C=O) groups is 1. The van der Waals surface area contributed by atoms with Crippen molar-refractivity contribution in [1.29, 1.82) is 0 Å². The Hall–Kier alpha value is -1.91. The lowest BCUT2D eigenvalue weighted by atomic mass is 10.1. The first kappa shape index (κ1) is 16.6. The number of amides is 1. The number of benzene rings is 2. The van der Waals surface area contributed by atoms with Crippen molar-refractivity contribution in [3.05, 3.63) is 70.9 Å². The van der Waals surface area contributed by atoms with Crippen molar-refractivity contribution in [3.8, 4) is 0 Å². The molecule has 0 spiro atoms. The van der Waals surface area contributed by atoms with Crippen LogP contribution < -0.4 is 0 Å². The summed E-state index contributed by atoms with van der Waals surface area (Å²) in [6.45, 7) is 0.793. The Morgan fingerprint density at radius 2 is 1.96 bits per heavy atom. The van der Waals surface area contributed by atoms with Crippen molar-refractivity contribution in [2.45, 2.75) is 11.8 Å². The maximum atomic E-state index is 13.0. The van der Waals surface area contributed by atoms with Gasteiger partial charge in [-0.25, -0.2) is 0 Å². The Morgan fingerprint density at radius 1 is 1.20 bits per heavy atom. The van der Waals surface area contributed by atoms with Crippen molar-refractivity contribution >= 4 is 40.2 Å². The van der Waals surface area contributed by atoms with E-state index in [1.165, 1.54) is 0 Å². The number of rotatable bonds is 3. The molecule has 1 aliphatic heterocycles. The van der Waals surface area contributed by atoms with Crippen LogP contribution in [0.3, 0.4) is 0 Å². The standard InChI is InChI=1S/C20H19ClN2OS/c1-22-13-15(17-4-2-3-5-18(17)22)12-19(24)23-10-11-25-20(23)14-6-8-16(21)9-7-14/h2-9,13,20H,10-12H2,1H3. The van der Waals surface area contributed by atoms with Gasteiger partial charge in [-0.05, 0) is 29.3 Å². The molecule has 3 nitrogen and oxygen atoms in total. The van der Waals surface area contributed by atoms with Gasteiger partial charge in [-0.2, -0.15) is 0 Å². The second-order valence-corrected chi connectivity index (χ2v) is 7.95. The van der Waals surface area contributed by atoms with E-state index in [9.17, 15) is 4.79 Å². The highest BCUT2D eigenvalue weighted by Crippen LogP contribution is 2.38. The Kier molecular flexibility index (Phi) is 4.48. The monoisotopic (exact) mass is 370 g/mol. The van der Waals surface area contributed by atoms with E-state index in [4.69, 9.17) is 11.6 Å². The molecule has 0 saturated carbocycles. The first-order valence-corrected chi connectivity index (χ1v) is 9.75. The number of carbonyl (C=O) groups excluding carboxylic acids is 1. The van der Waals surface area contributed by atoms with Crippen molar-refractivity contribution in [3.63, 3.8) is 0 Å². The third kappa shape index (κ3) is 3.16. The number of aryl methyl sites for hydroxylation is 1. The van der Waals surface area contributed by atoms with Crippen LogP contribution in [-0.4, -0.2) is 27.7 Å². The molecule has 2 aromatic carbocycles. The summed E-state index contributed by atoms with van der Waals surface area (Å²) in [4.78, 5) is 15.0. The summed E-state index contributed by atoms with van der Waals surface area (Å²) in [6.07, 6.45) is 2.51. The highest BCUT2D eigenvalue weighted by Gasteiger charge is 2.30. The van der Waals surface area contributed by atoms with Gasteiger partial charge in [-0.1, -0.05) is 41.9 Å². The fourth-order valence-electron chi connectivity index (χ4n) is 3.46. The fourth-order valence-corrected chi connectivity index (χ4v) is 4.86. The van der Waals surface area contributed by atoms with Gasteiger partial charge < -0.3 is 9.47 Å². The van der Waals surface area contributed by atoms with Crippen LogP contribution >= 0.6 is 23.4 Å². The van der Waals surface area contributed by atoms with E-state index in [0.29, 0.717) is 6.42 Å². The number of halogens is 1. The number of nitrogens with zero attached hydrogens (tertiary/aromatic N) is 2. The average Bonchev–Trinajstić information content (AvgIpc) is 3.22. The van der Waals surface area contributed by atoms with Crippen LogP contribution in [0.25, 0.3) is 10.9 Å². The van der Waals surface area contributed by atoms with E-state index in [1.807, 2.05) is 60.1 Å². The van der Waals surface area contributed by atoms with E-state index in [-0.39, 0.29) is 11.3 Å². The summed E-state index contributed by atoms with van der Waals surface area (Å²) in [7, 11) is 2.03. The van der Waals surface area contributed by atoms with Crippen molar-refractivity contribution in [1.82, 2.24) is 9.47 Å². The SMILES string of the molecule is Cn1cc(CC(=O)N2CCSC2c2ccc(Cl)cc2)c2ccccc21. The lowest BCUT2D eigenvalue weighted by Gasteiger charge is -2.24. The summed E-state index contributed by atoms with van der Waals surface area (Å²) < 4.78 is 2.09. The molecule has 0 radical (unpaired) electrons. The number of hydrogen-bond acceptors (Lipinski definition) is 2. The summed E-state index contributed by atoms with van der Waals surface area (Å²) in [5.74, 6) is 1.15. The topological polar surface area (TPSA) is 25.2 Å². The van der Waals surface area contributed by atoms with Gasteiger partial charge in [0.2, 0.25) is 5.91 Å². The van der Waals surface area contributed by atoms with Gasteiger partial charge >= 0.3 is 0 Å². The average molecular weight is 371 g/mol. The zero-order valence-electron chi connectivity index (χ0n) is 14.0. The van der Waals surface area contributed by atoms with Gasteiger partial charge in [0.05, 0.1) is 6.42 Å².